The highest BCUT2D eigenvalue weighted by atomic mass is 19.4. The number of halogens is 4. The van der Waals surface area contributed by atoms with Crippen LogP contribution in [0.15, 0.2) is 18.2 Å². The lowest BCUT2D eigenvalue weighted by molar-refractivity contribution is -0.137. The average molecular weight is 261 g/mol. The van der Waals surface area contributed by atoms with Crippen molar-refractivity contribution in [3.05, 3.63) is 35.1 Å². The summed E-state index contributed by atoms with van der Waals surface area (Å²) in [5, 5.41) is 3.20. The zero-order valence-electron chi connectivity index (χ0n) is 9.86. The van der Waals surface area contributed by atoms with E-state index < -0.39 is 17.6 Å². The molecule has 0 amide bonds. The van der Waals surface area contributed by atoms with E-state index in [0.29, 0.717) is 24.0 Å². The Labute approximate surface area is 103 Å². The first-order valence-electron chi connectivity index (χ1n) is 6.03. The van der Waals surface area contributed by atoms with Crippen molar-refractivity contribution in [2.24, 2.45) is 5.92 Å². The van der Waals surface area contributed by atoms with E-state index in [1.54, 1.807) is 0 Å². The molecule has 5 heteroatoms. The molecule has 0 aromatic heterocycles. The number of piperidine rings is 1. The van der Waals surface area contributed by atoms with Crippen LogP contribution in [0.25, 0.3) is 0 Å². The fourth-order valence-electron chi connectivity index (χ4n) is 2.29. The first-order valence-corrected chi connectivity index (χ1v) is 6.03. The number of alkyl halides is 3. The van der Waals surface area contributed by atoms with E-state index in [4.69, 9.17) is 0 Å². The Kier molecular flexibility index (Phi) is 3.90. The average Bonchev–Trinajstić information content (AvgIpc) is 2.32. The lowest BCUT2D eigenvalue weighted by Crippen LogP contribution is -2.28. The van der Waals surface area contributed by atoms with Gasteiger partial charge < -0.3 is 5.32 Å². The van der Waals surface area contributed by atoms with Gasteiger partial charge in [0.25, 0.3) is 0 Å². The zero-order chi connectivity index (χ0) is 13.2. The quantitative estimate of drug-likeness (QED) is 0.805. The SMILES string of the molecule is Fc1cc(C(F)(F)F)ccc1CC1CCNCC1. The predicted octanol–water partition coefficient (Wildman–Crippen LogP) is 3.39. The zero-order valence-corrected chi connectivity index (χ0v) is 9.86. The molecular weight excluding hydrogens is 246 g/mol. The molecule has 1 heterocycles. The lowest BCUT2D eigenvalue weighted by Gasteiger charge is -2.22. The van der Waals surface area contributed by atoms with E-state index >= 15 is 0 Å². The number of hydrogen-bond donors (Lipinski definition) is 1. The van der Waals surface area contributed by atoms with Crippen molar-refractivity contribution >= 4 is 0 Å². The fourth-order valence-corrected chi connectivity index (χ4v) is 2.29. The molecule has 1 aliphatic rings. The van der Waals surface area contributed by atoms with Gasteiger partial charge in [0.1, 0.15) is 5.82 Å². The van der Waals surface area contributed by atoms with E-state index in [0.717, 1.165) is 32.0 Å². The molecule has 1 N–H and O–H groups in total. The van der Waals surface area contributed by atoms with Gasteiger partial charge in [-0.2, -0.15) is 13.2 Å². The van der Waals surface area contributed by atoms with Gasteiger partial charge in [0, 0.05) is 0 Å². The molecule has 100 valence electrons. The van der Waals surface area contributed by atoms with E-state index in [-0.39, 0.29) is 0 Å². The molecule has 1 saturated heterocycles. The van der Waals surface area contributed by atoms with Crippen LogP contribution in [0.2, 0.25) is 0 Å². The number of hydrogen-bond acceptors (Lipinski definition) is 1. The molecule has 0 unspecified atom stereocenters. The van der Waals surface area contributed by atoms with Crippen LogP contribution < -0.4 is 5.32 Å². The first kappa shape index (κ1) is 13.3. The summed E-state index contributed by atoms with van der Waals surface area (Å²) in [6.07, 6.45) is -2.07. The molecule has 0 bridgehead atoms. The number of benzene rings is 1. The first-order chi connectivity index (χ1) is 8.47. The third-order valence-electron chi connectivity index (χ3n) is 3.35. The van der Waals surface area contributed by atoms with E-state index in [9.17, 15) is 17.6 Å². The van der Waals surface area contributed by atoms with Crippen LogP contribution in [0, 0.1) is 11.7 Å². The Hall–Kier alpha value is -1.10. The molecule has 1 aromatic rings. The standard InChI is InChI=1S/C13H15F4N/c14-12-8-11(13(15,16)17)2-1-10(12)7-9-3-5-18-6-4-9/h1-2,8-9,18H,3-7H2. The highest BCUT2D eigenvalue weighted by molar-refractivity contribution is 5.26. The summed E-state index contributed by atoms with van der Waals surface area (Å²) < 4.78 is 50.8. The van der Waals surface area contributed by atoms with Crippen LogP contribution in [0.4, 0.5) is 17.6 Å². The molecular formula is C13H15F4N. The normalized spacial score (nSPS) is 18.0. The van der Waals surface area contributed by atoms with Gasteiger partial charge in [0.05, 0.1) is 5.56 Å². The van der Waals surface area contributed by atoms with Gasteiger partial charge in [-0.25, -0.2) is 4.39 Å². The van der Waals surface area contributed by atoms with Crippen LogP contribution in [-0.2, 0) is 12.6 Å². The van der Waals surface area contributed by atoms with E-state index in [1.807, 2.05) is 0 Å². The smallest absolute Gasteiger partial charge is 0.317 e. The molecule has 1 nitrogen and oxygen atoms in total. The summed E-state index contributed by atoms with van der Waals surface area (Å²) in [5.41, 5.74) is -0.538. The summed E-state index contributed by atoms with van der Waals surface area (Å²) in [4.78, 5) is 0. The van der Waals surface area contributed by atoms with Crippen LogP contribution in [-0.4, -0.2) is 13.1 Å². The Bertz CT molecular complexity index is 408. The number of nitrogens with one attached hydrogen (secondary N) is 1. The minimum Gasteiger partial charge on any atom is -0.317 e. The Morgan fingerprint density at radius 2 is 1.83 bits per heavy atom. The Balaban J connectivity index is 2.09. The van der Waals surface area contributed by atoms with Crippen LogP contribution in [0.3, 0.4) is 0 Å². The largest absolute Gasteiger partial charge is 0.416 e. The third-order valence-corrected chi connectivity index (χ3v) is 3.35. The van der Waals surface area contributed by atoms with Crippen LogP contribution in [0.1, 0.15) is 24.0 Å². The molecule has 1 aliphatic heterocycles. The molecule has 0 aliphatic carbocycles. The second kappa shape index (κ2) is 5.26. The molecule has 18 heavy (non-hydrogen) atoms. The minimum absolute atomic E-state index is 0.359. The fraction of sp³-hybridized carbons (Fsp3) is 0.538. The van der Waals surface area contributed by atoms with Crippen LogP contribution in [0.5, 0.6) is 0 Å². The molecule has 0 radical (unpaired) electrons. The lowest BCUT2D eigenvalue weighted by atomic mass is 9.90. The van der Waals surface area contributed by atoms with Crippen molar-refractivity contribution in [3.63, 3.8) is 0 Å². The van der Waals surface area contributed by atoms with Gasteiger partial charge in [-0.3, -0.25) is 0 Å². The molecule has 1 fully saturated rings. The van der Waals surface area contributed by atoms with Crippen molar-refractivity contribution < 1.29 is 17.6 Å². The Morgan fingerprint density at radius 1 is 1.17 bits per heavy atom. The van der Waals surface area contributed by atoms with Crippen molar-refractivity contribution in [1.29, 1.82) is 0 Å². The second-order valence-electron chi connectivity index (χ2n) is 4.70. The van der Waals surface area contributed by atoms with Gasteiger partial charge in [-0.05, 0) is 56.0 Å². The maximum Gasteiger partial charge on any atom is 0.416 e. The van der Waals surface area contributed by atoms with Gasteiger partial charge >= 0.3 is 6.18 Å². The van der Waals surface area contributed by atoms with Gasteiger partial charge in [0.15, 0.2) is 0 Å². The highest BCUT2D eigenvalue weighted by Crippen LogP contribution is 2.31. The van der Waals surface area contributed by atoms with E-state index in [1.165, 1.54) is 6.07 Å². The summed E-state index contributed by atoms with van der Waals surface area (Å²) in [6.45, 7) is 1.79. The summed E-state index contributed by atoms with van der Waals surface area (Å²) in [6, 6.07) is 2.82. The predicted molar refractivity (Wildman–Crippen MR) is 60.7 cm³/mol. The minimum atomic E-state index is -4.48. The van der Waals surface area contributed by atoms with Crippen molar-refractivity contribution in [2.45, 2.75) is 25.4 Å². The van der Waals surface area contributed by atoms with Crippen molar-refractivity contribution in [3.8, 4) is 0 Å². The van der Waals surface area contributed by atoms with Gasteiger partial charge in [0.2, 0.25) is 0 Å². The van der Waals surface area contributed by atoms with E-state index in [2.05, 4.69) is 5.32 Å². The van der Waals surface area contributed by atoms with Gasteiger partial charge in [-0.15, -0.1) is 0 Å². The summed E-state index contributed by atoms with van der Waals surface area (Å²) in [5.74, 6) is -0.388. The molecule has 1 aromatic carbocycles. The van der Waals surface area contributed by atoms with Crippen molar-refractivity contribution in [2.75, 3.05) is 13.1 Å². The van der Waals surface area contributed by atoms with Crippen LogP contribution >= 0.6 is 0 Å². The topological polar surface area (TPSA) is 12.0 Å². The van der Waals surface area contributed by atoms with Crippen molar-refractivity contribution in [1.82, 2.24) is 5.32 Å². The third kappa shape index (κ3) is 3.22. The Morgan fingerprint density at radius 3 is 2.39 bits per heavy atom. The number of rotatable bonds is 2. The monoisotopic (exact) mass is 261 g/mol. The highest BCUT2D eigenvalue weighted by Gasteiger charge is 2.31. The molecule has 0 saturated carbocycles. The molecule has 2 rings (SSSR count). The molecule has 0 spiro atoms. The maximum absolute atomic E-state index is 13.6. The van der Waals surface area contributed by atoms with Gasteiger partial charge in [-0.1, -0.05) is 6.07 Å². The maximum atomic E-state index is 13.6. The summed E-state index contributed by atoms with van der Waals surface area (Å²) in [7, 11) is 0. The second-order valence-corrected chi connectivity index (χ2v) is 4.70. The molecule has 0 atom stereocenters. The summed E-state index contributed by atoms with van der Waals surface area (Å²) >= 11 is 0.